The van der Waals surface area contributed by atoms with Crippen LogP contribution in [0.4, 0.5) is 34.1 Å². The molecule has 0 radical (unpaired) electrons. The van der Waals surface area contributed by atoms with E-state index in [4.69, 9.17) is 0 Å². The number of hydrogen-bond donors (Lipinski definition) is 0. The van der Waals surface area contributed by atoms with Gasteiger partial charge in [0.1, 0.15) is 0 Å². The van der Waals surface area contributed by atoms with Crippen molar-refractivity contribution in [3.63, 3.8) is 0 Å². The maximum Gasteiger partial charge on any atom is 0.0509 e. The van der Waals surface area contributed by atoms with Crippen LogP contribution < -0.4 is 9.80 Å². The van der Waals surface area contributed by atoms with Crippen molar-refractivity contribution in [3.8, 4) is 33.4 Å². The highest BCUT2D eigenvalue weighted by Gasteiger charge is 2.31. The molecule has 9 rings (SSSR count). The molecule has 1 aliphatic rings. The molecule has 0 atom stereocenters. The fraction of sp³-hybridized carbons (Fsp3) is 0.158. The van der Waals surface area contributed by atoms with Crippen LogP contribution in [0.2, 0.25) is 0 Å². The second-order valence-corrected chi connectivity index (χ2v) is 16.7. The summed E-state index contributed by atoms with van der Waals surface area (Å²) in [4.78, 5) is 4.97. The maximum atomic E-state index is 2.51. The van der Waals surface area contributed by atoms with Gasteiger partial charge in [-0.05, 0) is 217 Å². The Labute approximate surface area is 351 Å². The van der Waals surface area contributed by atoms with E-state index in [2.05, 4.69) is 223 Å². The first-order valence-electron chi connectivity index (χ1n) is 20.9. The minimum atomic E-state index is 0.818. The van der Waals surface area contributed by atoms with Crippen molar-refractivity contribution < 1.29 is 0 Å². The van der Waals surface area contributed by atoms with Crippen LogP contribution in [-0.4, -0.2) is 0 Å². The molecule has 0 aliphatic heterocycles. The molecular weight excluding hydrogens is 713 g/mol. The van der Waals surface area contributed by atoms with Gasteiger partial charge in [-0.3, -0.25) is 0 Å². The largest absolute Gasteiger partial charge is 0.310 e. The fourth-order valence-corrected chi connectivity index (χ4v) is 8.68. The first kappa shape index (κ1) is 37.9. The monoisotopic (exact) mass is 764 g/mol. The minimum Gasteiger partial charge on any atom is -0.310 e. The lowest BCUT2D eigenvalue weighted by atomic mass is 9.93. The third-order valence-corrected chi connectivity index (χ3v) is 12.8. The lowest BCUT2D eigenvalue weighted by molar-refractivity contribution is 1.18. The van der Waals surface area contributed by atoms with E-state index < -0.39 is 0 Å². The van der Waals surface area contributed by atoms with Crippen molar-refractivity contribution in [1.82, 2.24) is 0 Å². The highest BCUT2D eigenvalue weighted by molar-refractivity contribution is 5.97. The summed E-state index contributed by atoms with van der Waals surface area (Å²) in [7, 11) is 0. The molecule has 59 heavy (non-hydrogen) atoms. The molecule has 8 aromatic rings. The number of benzene rings is 8. The summed E-state index contributed by atoms with van der Waals surface area (Å²) in [5, 5.41) is 0. The Kier molecular flexibility index (Phi) is 9.81. The average Bonchev–Trinajstić information content (AvgIpc) is 3.62. The van der Waals surface area contributed by atoms with E-state index in [1.807, 2.05) is 0 Å². The summed E-state index contributed by atoms with van der Waals surface area (Å²) in [5.74, 6) is 0. The Morgan fingerprint density at radius 1 is 0.288 bits per heavy atom. The number of anilines is 6. The molecule has 0 saturated heterocycles. The number of nitrogens with zero attached hydrogens (tertiary/aromatic N) is 2. The van der Waals surface area contributed by atoms with Gasteiger partial charge in [0.15, 0.2) is 0 Å². The molecule has 2 nitrogen and oxygen atoms in total. The van der Waals surface area contributed by atoms with Crippen molar-refractivity contribution in [2.45, 2.75) is 61.8 Å². The number of aryl methyl sites for hydroxylation is 8. The summed E-state index contributed by atoms with van der Waals surface area (Å²) < 4.78 is 0. The molecule has 0 N–H and O–H groups in total. The summed E-state index contributed by atoms with van der Waals surface area (Å²) in [6, 6.07) is 59.2. The normalized spacial score (nSPS) is 11.7. The summed E-state index contributed by atoms with van der Waals surface area (Å²) in [6.45, 7) is 17.7. The molecule has 0 saturated carbocycles. The van der Waals surface area contributed by atoms with E-state index in [1.54, 1.807) is 0 Å². The van der Waals surface area contributed by atoms with Gasteiger partial charge < -0.3 is 9.80 Å². The lowest BCUT2D eigenvalue weighted by Gasteiger charge is -2.29. The molecule has 0 heterocycles. The standard InChI is InChI=1S/C57H52N2/c1-36-19-23-47(27-40(36)5)58(48-24-20-37(2)41(6)28-48)51-33-52(45-17-13-10-14-18-45)55-35-56-53(54(55)34-51)31-46(44-15-11-9-12-16-44)32-57(56)59(49-25-21-38(3)42(7)29-49)50-26-22-39(4)43(8)30-50/h9-34H,35H2,1-8H3. The molecule has 0 fully saturated rings. The highest BCUT2D eigenvalue weighted by Crippen LogP contribution is 2.52. The van der Waals surface area contributed by atoms with E-state index in [0.717, 1.165) is 23.5 Å². The SMILES string of the molecule is Cc1ccc(N(c2ccc(C)c(C)c2)c2cc(-c3ccccc3)c3c(c2)-c2cc(-c4ccccc4)cc(N(c4ccc(C)c(C)c4)c4ccc(C)c(C)c4)c2C3)cc1C. The van der Waals surface area contributed by atoms with Crippen LogP contribution in [0.5, 0.6) is 0 Å². The van der Waals surface area contributed by atoms with Gasteiger partial charge in [0, 0.05) is 34.9 Å². The Morgan fingerprint density at radius 3 is 1.15 bits per heavy atom. The second-order valence-electron chi connectivity index (χ2n) is 16.7. The molecule has 2 heteroatoms. The first-order valence-corrected chi connectivity index (χ1v) is 20.9. The van der Waals surface area contributed by atoms with Gasteiger partial charge in [0.2, 0.25) is 0 Å². The summed E-state index contributed by atoms with van der Waals surface area (Å²) in [6.07, 6.45) is 0.818. The number of hydrogen-bond acceptors (Lipinski definition) is 2. The Bertz CT molecular complexity index is 2780. The summed E-state index contributed by atoms with van der Waals surface area (Å²) in [5.41, 5.74) is 27.5. The third kappa shape index (κ3) is 7.04. The van der Waals surface area contributed by atoms with Crippen molar-refractivity contribution in [2.75, 3.05) is 9.80 Å². The van der Waals surface area contributed by atoms with E-state index in [-0.39, 0.29) is 0 Å². The zero-order chi connectivity index (χ0) is 40.9. The zero-order valence-electron chi connectivity index (χ0n) is 35.6. The molecule has 0 spiro atoms. The van der Waals surface area contributed by atoms with Crippen LogP contribution in [0.3, 0.4) is 0 Å². The van der Waals surface area contributed by atoms with Crippen LogP contribution >= 0.6 is 0 Å². The molecular formula is C57H52N2. The van der Waals surface area contributed by atoms with Gasteiger partial charge in [-0.1, -0.05) is 84.9 Å². The van der Waals surface area contributed by atoms with Crippen LogP contribution in [-0.2, 0) is 6.42 Å². The smallest absolute Gasteiger partial charge is 0.0509 e. The van der Waals surface area contributed by atoms with E-state index >= 15 is 0 Å². The van der Waals surface area contributed by atoms with Crippen LogP contribution in [0.15, 0.2) is 158 Å². The van der Waals surface area contributed by atoms with Crippen molar-refractivity contribution in [2.24, 2.45) is 0 Å². The Balaban J connectivity index is 1.36. The molecule has 0 bridgehead atoms. The molecule has 8 aromatic carbocycles. The molecule has 0 unspecified atom stereocenters. The van der Waals surface area contributed by atoms with Gasteiger partial charge in [0.05, 0.1) is 5.69 Å². The number of fused-ring (bicyclic) bond motifs is 3. The topological polar surface area (TPSA) is 6.48 Å². The molecule has 290 valence electrons. The lowest BCUT2D eigenvalue weighted by Crippen LogP contribution is -2.13. The average molecular weight is 765 g/mol. The molecule has 0 amide bonds. The first-order chi connectivity index (χ1) is 28.5. The van der Waals surface area contributed by atoms with Gasteiger partial charge in [-0.25, -0.2) is 0 Å². The van der Waals surface area contributed by atoms with Gasteiger partial charge in [-0.2, -0.15) is 0 Å². The van der Waals surface area contributed by atoms with Crippen molar-refractivity contribution >= 4 is 34.1 Å². The zero-order valence-corrected chi connectivity index (χ0v) is 35.6. The second kappa shape index (κ2) is 15.3. The predicted octanol–water partition coefficient (Wildman–Crippen LogP) is 16.0. The molecule has 0 aromatic heterocycles. The van der Waals surface area contributed by atoms with Crippen molar-refractivity contribution in [3.05, 3.63) is 213 Å². The van der Waals surface area contributed by atoms with Crippen LogP contribution in [0.1, 0.15) is 55.6 Å². The van der Waals surface area contributed by atoms with E-state index in [0.29, 0.717) is 0 Å². The minimum absolute atomic E-state index is 0.818. The quantitative estimate of drug-likeness (QED) is 0.152. The van der Waals surface area contributed by atoms with Gasteiger partial charge >= 0.3 is 0 Å². The number of rotatable bonds is 8. The van der Waals surface area contributed by atoms with Crippen LogP contribution in [0.25, 0.3) is 33.4 Å². The van der Waals surface area contributed by atoms with Crippen molar-refractivity contribution in [1.29, 1.82) is 0 Å². The van der Waals surface area contributed by atoms with E-state index in [1.165, 1.54) is 106 Å². The Morgan fingerprint density at radius 2 is 0.695 bits per heavy atom. The maximum absolute atomic E-state index is 2.51. The van der Waals surface area contributed by atoms with Gasteiger partial charge in [-0.15, -0.1) is 0 Å². The third-order valence-electron chi connectivity index (χ3n) is 12.8. The molecule has 1 aliphatic carbocycles. The predicted molar refractivity (Wildman–Crippen MR) is 253 cm³/mol. The van der Waals surface area contributed by atoms with Gasteiger partial charge in [0.25, 0.3) is 0 Å². The summed E-state index contributed by atoms with van der Waals surface area (Å²) >= 11 is 0. The Hall–Kier alpha value is -6.64. The highest BCUT2D eigenvalue weighted by atomic mass is 15.2. The fourth-order valence-electron chi connectivity index (χ4n) is 8.68. The van der Waals surface area contributed by atoms with E-state index in [9.17, 15) is 0 Å². The van der Waals surface area contributed by atoms with Crippen LogP contribution in [0, 0.1) is 55.4 Å².